The van der Waals surface area contributed by atoms with Crippen LogP contribution in [0.2, 0.25) is 0 Å². The number of carbonyl (C=O) groups excluding carboxylic acids is 1. The van der Waals surface area contributed by atoms with Gasteiger partial charge in [0.2, 0.25) is 0 Å². The van der Waals surface area contributed by atoms with Crippen LogP contribution in [0.1, 0.15) is 19.4 Å². The van der Waals surface area contributed by atoms with Gasteiger partial charge in [-0.1, -0.05) is 12.1 Å². The first-order chi connectivity index (χ1) is 8.74. The number of carbonyl (C=O) groups is 2. The summed E-state index contributed by atoms with van der Waals surface area (Å²) in [5.41, 5.74) is -1.48. The minimum Gasteiger partial charge on any atom is -0.480 e. The highest BCUT2D eigenvalue weighted by atomic mass is 19.2. The number of carboxylic acid groups (broad SMARTS) is 1. The normalized spacial score (nSPS) is 10.9. The molecule has 0 saturated carbocycles. The minimum absolute atomic E-state index is 0.0247. The fraction of sp³-hybridized carbons (Fsp3) is 0.333. The molecular weight excluding hydrogens is 258 g/mol. The standard InChI is InChI=1S/C12H14F2N2O3/c1-12(2,10(17)18)16-11(19)15-6-7-4-3-5-8(13)9(7)14/h3-5H,6H2,1-2H3,(H,17,18)(H2,15,16,19). The van der Waals surface area contributed by atoms with Crippen LogP contribution in [-0.4, -0.2) is 22.6 Å². The zero-order valence-corrected chi connectivity index (χ0v) is 10.5. The molecule has 7 heteroatoms. The Bertz CT molecular complexity index is 504. The van der Waals surface area contributed by atoms with E-state index in [1.54, 1.807) is 0 Å². The largest absolute Gasteiger partial charge is 0.480 e. The highest BCUT2D eigenvalue weighted by molar-refractivity contribution is 5.85. The molecule has 0 aromatic heterocycles. The molecule has 1 rings (SSSR count). The van der Waals surface area contributed by atoms with Crippen LogP contribution in [0.25, 0.3) is 0 Å². The molecule has 1 aromatic carbocycles. The van der Waals surface area contributed by atoms with Crippen molar-refractivity contribution in [3.05, 3.63) is 35.4 Å². The van der Waals surface area contributed by atoms with Gasteiger partial charge in [-0.15, -0.1) is 0 Å². The lowest BCUT2D eigenvalue weighted by Crippen LogP contribution is -2.53. The lowest BCUT2D eigenvalue weighted by Gasteiger charge is -2.21. The fourth-order valence-electron chi connectivity index (χ4n) is 1.24. The van der Waals surface area contributed by atoms with Crippen LogP contribution in [0.4, 0.5) is 13.6 Å². The Morgan fingerprint density at radius 1 is 1.32 bits per heavy atom. The Kier molecular flexibility index (Phi) is 4.42. The number of halogens is 2. The smallest absolute Gasteiger partial charge is 0.328 e. The summed E-state index contributed by atoms with van der Waals surface area (Å²) in [6.07, 6.45) is 0. The summed E-state index contributed by atoms with van der Waals surface area (Å²) in [5.74, 6) is -3.26. The number of benzene rings is 1. The number of hydrogen-bond donors (Lipinski definition) is 3. The Morgan fingerprint density at radius 2 is 1.95 bits per heavy atom. The Labute approximate surface area is 108 Å². The molecule has 3 N–H and O–H groups in total. The van der Waals surface area contributed by atoms with Crippen molar-refractivity contribution in [1.29, 1.82) is 0 Å². The van der Waals surface area contributed by atoms with E-state index in [2.05, 4.69) is 10.6 Å². The topological polar surface area (TPSA) is 78.4 Å². The third-order valence-corrected chi connectivity index (χ3v) is 2.43. The molecule has 5 nitrogen and oxygen atoms in total. The Balaban J connectivity index is 2.60. The zero-order chi connectivity index (χ0) is 14.6. The first-order valence-electron chi connectivity index (χ1n) is 5.46. The number of aliphatic carboxylic acids is 1. The number of nitrogens with one attached hydrogen (secondary N) is 2. The third-order valence-electron chi connectivity index (χ3n) is 2.43. The van der Waals surface area contributed by atoms with Crippen molar-refractivity contribution in [2.45, 2.75) is 25.9 Å². The zero-order valence-electron chi connectivity index (χ0n) is 10.5. The van der Waals surface area contributed by atoms with E-state index in [9.17, 15) is 18.4 Å². The van der Waals surface area contributed by atoms with E-state index in [1.807, 2.05) is 0 Å². The van der Waals surface area contributed by atoms with Gasteiger partial charge in [0.05, 0.1) is 0 Å². The molecule has 2 amide bonds. The lowest BCUT2D eigenvalue weighted by atomic mass is 10.1. The van der Waals surface area contributed by atoms with Crippen LogP contribution in [0.3, 0.4) is 0 Å². The number of carboxylic acids is 1. The van der Waals surface area contributed by atoms with Crippen LogP contribution in [0.5, 0.6) is 0 Å². The van der Waals surface area contributed by atoms with E-state index in [0.29, 0.717) is 0 Å². The molecule has 0 aliphatic carbocycles. The molecule has 0 bridgehead atoms. The highest BCUT2D eigenvalue weighted by Gasteiger charge is 2.28. The van der Waals surface area contributed by atoms with Crippen molar-refractivity contribution < 1.29 is 23.5 Å². The fourth-order valence-corrected chi connectivity index (χ4v) is 1.24. The van der Waals surface area contributed by atoms with E-state index >= 15 is 0 Å². The highest BCUT2D eigenvalue weighted by Crippen LogP contribution is 2.10. The van der Waals surface area contributed by atoms with Crippen LogP contribution >= 0.6 is 0 Å². The van der Waals surface area contributed by atoms with Crippen molar-refractivity contribution in [2.75, 3.05) is 0 Å². The molecule has 104 valence electrons. The number of hydrogen-bond acceptors (Lipinski definition) is 2. The molecule has 0 radical (unpaired) electrons. The summed E-state index contributed by atoms with van der Waals surface area (Å²) in [6.45, 7) is 2.36. The summed E-state index contributed by atoms with van der Waals surface area (Å²) < 4.78 is 26.2. The average Bonchev–Trinajstić information content (AvgIpc) is 2.30. The monoisotopic (exact) mass is 272 g/mol. The molecular formula is C12H14F2N2O3. The number of rotatable bonds is 4. The van der Waals surface area contributed by atoms with Gasteiger partial charge in [-0.2, -0.15) is 0 Å². The average molecular weight is 272 g/mol. The van der Waals surface area contributed by atoms with Crippen molar-refractivity contribution in [3.8, 4) is 0 Å². The van der Waals surface area contributed by atoms with Gasteiger partial charge >= 0.3 is 12.0 Å². The maximum absolute atomic E-state index is 13.3. The molecule has 0 fully saturated rings. The molecule has 0 aliphatic rings. The summed E-state index contributed by atoms with van der Waals surface area (Å²) in [5, 5.41) is 13.3. The predicted molar refractivity (Wildman–Crippen MR) is 63.4 cm³/mol. The molecule has 19 heavy (non-hydrogen) atoms. The minimum atomic E-state index is -1.45. The summed E-state index contributed by atoms with van der Waals surface area (Å²) in [6, 6.07) is 2.82. The first-order valence-corrected chi connectivity index (χ1v) is 5.46. The van der Waals surface area contributed by atoms with E-state index < -0.39 is 29.2 Å². The van der Waals surface area contributed by atoms with Gasteiger partial charge in [0.1, 0.15) is 5.54 Å². The SMILES string of the molecule is CC(C)(NC(=O)NCc1cccc(F)c1F)C(=O)O. The molecule has 0 spiro atoms. The molecule has 0 unspecified atom stereocenters. The van der Waals surface area contributed by atoms with Crippen molar-refractivity contribution in [1.82, 2.24) is 10.6 Å². The Hall–Kier alpha value is -2.18. The van der Waals surface area contributed by atoms with E-state index in [-0.39, 0.29) is 12.1 Å². The van der Waals surface area contributed by atoms with Gasteiger partial charge in [-0.05, 0) is 19.9 Å². The van der Waals surface area contributed by atoms with Crippen LogP contribution < -0.4 is 10.6 Å². The number of amides is 2. The second-order valence-corrected chi connectivity index (χ2v) is 4.45. The third kappa shape index (κ3) is 3.90. The van der Waals surface area contributed by atoms with Gasteiger partial charge in [-0.25, -0.2) is 18.4 Å². The van der Waals surface area contributed by atoms with Crippen molar-refractivity contribution in [2.24, 2.45) is 0 Å². The summed E-state index contributed by atoms with van der Waals surface area (Å²) >= 11 is 0. The van der Waals surface area contributed by atoms with Crippen molar-refractivity contribution >= 4 is 12.0 Å². The number of urea groups is 1. The molecule has 0 saturated heterocycles. The van der Waals surface area contributed by atoms with Gasteiger partial charge in [0.15, 0.2) is 11.6 Å². The quantitative estimate of drug-likeness (QED) is 0.779. The molecule has 0 heterocycles. The molecule has 0 aliphatic heterocycles. The predicted octanol–water partition coefficient (Wildman–Crippen LogP) is 1.63. The van der Waals surface area contributed by atoms with Crippen LogP contribution in [0, 0.1) is 11.6 Å². The molecule has 1 aromatic rings. The van der Waals surface area contributed by atoms with E-state index in [0.717, 1.165) is 6.07 Å². The lowest BCUT2D eigenvalue weighted by molar-refractivity contribution is -0.142. The second-order valence-electron chi connectivity index (χ2n) is 4.45. The van der Waals surface area contributed by atoms with E-state index in [4.69, 9.17) is 5.11 Å². The second kappa shape index (κ2) is 5.64. The van der Waals surface area contributed by atoms with Gasteiger partial charge in [0.25, 0.3) is 0 Å². The van der Waals surface area contributed by atoms with Gasteiger partial charge < -0.3 is 15.7 Å². The van der Waals surface area contributed by atoms with Gasteiger partial charge in [-0.3, -0.25) is 0 Å². The first kappa shape index (κ1) is 14.9. The maximum atomic E-state index is 13.3. The van der Waals surface area contributed by atoms with Crippen LogP contribution in [0.15, 0.2) is 18.2 Å². The Morgan fingerprint density at radius 3 is 2.53 bits per heavy atom. The summed E-state index contributed by atoms with van der Waals surface area (Å²) in [4.78, 5) is 22.2. The van der Waals surface area contributed by atoms with E-state index in [1.165, 1.54) is 26.0 Å². The molecule has 0 atom stereocenters. The van der Waals surface area contributed by atoms with Crippen LogP contribution in [-0.2, 0) is 11.3 Å². The van der Waals surface area contributed by atoms with Gasteiger partial charge in [0, 0.05) is 12.1 Å². The van der Waals surface area contributed by atoms with Crippen molar-refractivity contribution in [3.63, 3.8) is 0 Å². The summed E-state index contributed by atoms with van der Waals surface area (Å²) in [7, 11) is 0. The maximum Gasteiger partial charge on any atom is 0.328 e.